The number of hydrogen-bond donors (Lipinski definition) is 1. The number of aliphatic hydroxyl groups excluding tert-OH is 1. The Labute approximate surface area is 72.7 Å². The van der Waals surface area contributed by atoms with Gasteiger partial charge in [-0.3, -0.25) is 4.79 Å². The Balaban J connectivity index is 2.16. The Morgan fingerprint density at radius 2 is 2.17 bits per heavy atom. The van der Waals surface area contributed by atoms with Crippen molar-refractivity contribution in [2.75, 3.05) is 0 Å². The molecular weight excluding hydrogens is 156 g/mol. The molecule has 1 rings (SSSR count). The molecule has 12 heavy (non-hydrogen) atoms. The van der Waals surface area contributed by atoms with Gasteiger partial charge in [0, 0.05) is 0 Å². The molecule has 0 radical (unpaired) electrons. The summed E-state index contributed by atoms with van der Waals surface area (Å²) in [5.41, 5.74) is 0. The topological polar surface area (TPSA) is 46.5 Å². The van der Waals surface area contributed by atoms with E-state index in [4.69, 9.17) is 9.84 Å². The minimum absolute atomic E-state index is 0.122. The van der Waals surface area contributed by atoms with Crippen LogP contribution in [-0.2, 0) is 9.53 Å². The molecule has 1 aliphatic carbocycles. The second-order valence-corrected chi connectivity index (χ2v) is 3.45. The zero-order valence-corrected chi connectivity index (χ0v) is 7.45. The average Bonchev–Trinajstić information content (AvgIpc) is 2.37. The van der Waals surface area contributed by atoms with Crippen molar-refractivity contribution in [1.82, 2.24) is 0 Å². The zero-order valence-electron chi connectivity index (χ0n) is 7.45. The molecule has 0 saturated heterocycles. The maximum atomic E-state index is 11.0. The molecule has 0 spiro atoms. The van der Waals surface area contributed by atoms with Crippen molar-refractivity contribution in [3.8, 4) is 0 Å². The highest BCUT2D eigenvalue weighted by atomic mass is 16.5. The van der Waals surface area contributed by atoms with Gasteiger partial charge in [-0.05, 0) is 32.6 Å². The largest absolute Gasteiger partial charge is 0.462 e. The summed E-state index contributed by atoms with van der Waals surface area (Å²) in [4.78, 5) is 11.0. The van der Waals surface area contributed by atoms with Crippen LogP contribution in [0.15, 0.2) is 0 Å². The summed E-state index contributed by atoms with van der Waals surface area (Å²) in [6.45, 7) is 1.59. The van der Waals surface area contributed by atoms with Crippen molar-refractivity contribution >= 4 is 5.97 Å². The van der Waals surface area contributed by atoms with E-state index in [2.05, 4.69) is 0 Å². The number of ether oxygens (including phenoxy) is 1. The molecule has 1 saturated carbocycles. The number of hydrogen-bond acceptors (Lipinski definition) is 3. The third kappa shape index (κ3) is 3.22. The lowest BCUT2D eigenvalue weighted by Crippen LogP contribution is -2.18. The molecule has 1 N–H and O–H groups in total. The molecule has 0 aromatic carbocycles. The predicted molar refractivity (Wildman–Crippen MR) is 44.6 cm³/mol. The van der Waals surface area contributed by atoms with Crippen LogP contribution in [0.1, 0.15) is 39.0 Å². The minimum Gasteiger partial charge on any atom is -0.462 e. The first kappa shape index (κ1) is 9.52. The van der Waals surface area contributed by atoms with E-state index >= 15 is 0 Å². The van der Waals surface area contributed by atoms with Crippen LogP contribution in [0.25, 0.3) is 0 Å². The minimum atomic E-state index is -0.584. The van der Waals surface area contributed by atoms with Crippen LogP contribution in [-0.4, -0.2) is 23.3 Å². The lowest BCUT2D eigenvalue weighted by atomic mass is 10.3. The van der Waals surface area contributed by atoms with E-state index in [1.165, 1.54) is 0 Å². The predicted octanol–water partition coefficient (Wildman–Crippen LogP) is 1.24. The summed E-state index contributed by atoms with van der Waals surface area (Å²) >= 11 is 0. The number of esters is 1. The van der Waals surface area contributed by atoms with Crippen LogP contribution < -0.4 is 0 Å². The summed E-state index contributed by atoms with van der Waals surface area (Å²) in [5.74, 6) is -0.267. The van der Waals surface area contributed by atoms with Crippen molar-refractivity contribution in [2.24, 2.45) is 0 Å². The summed E-state index contributed by atoms with van der Waals surface area (Å²) < 4.78 is 5.12. The average molecular weight is 172 g/mol. The number of carbonyl (C=O) groups excluding carboxylic acids is 1. The fourth-order valence-corrected chi connectivity index (χ4v) is 1.48. The van der Waals surface area contributed by atoms with Gasteiger partial charge in [-0.15, -0.1) is 0 Å². The molecule has 0 amide bonds. The molecule has 1 aliphatic rings. The standard InChI is InChI=1S/C9H16O3/c1-7(10)6-9(11)12-8-4-2-3-5-8/h7-8,10H,2-6H2,1H3/t7-/m1/s1. The molecule has 0 unspecified atom stereocenters. The Kier molecular flexibility index (Phi) is 3.53. The summed E-state index contributed by atoms with van der Waals surface area (Å²) in [6.07, 6.45) is 3.96. The van der Waals surface area contributed by atoms with Crippen LogP contribution >= 0.6 is 0 Å². The summed E-state index contributed by atoms with van der Waals surface area (Å²) in [6, 6.07) is 0. The zero-order chi connectivity index (χ0) is 8.97. The second-order valence-electron chi connectivity index (χ2n) is 3.45. The van der Waals surface area contributed by atoms with E-state index < -0.39 is 6.10 Å². The molecule has 0 heterocycles. The monoisotopic (exact) mass is 172 g/mol. The molecule has 0 bridgehead atoms. The van der Waals surface area contributed by atoms with E-state index in [0.717, 1.165) is 25.7 Å². The van der Waals surface area contributed by atoms with Crippen LogP contribution in [0.2, 0.25) is 0 Å². The van der Waals surface area contributed by atoms with Crippen LogP contribution in [0.3, 0.4) is 0 Å². The third-order valence-electron chi connectivity index (χ3n) is 2.06. The van der Waals surface area contributed by atoms with Gasteiger partial charge in [-0.25, -0.2) is 0 Å². The van der Waals surface area contributed by atoms with Crippen molar-refractivity contribution < 1.29 is 14.6 Å². The maximum Gasteiger partial charge on any atom is 0.308 e. The van der Waals surface area contributed by atoms with Crippen LogP contribution in [0.5, 0.6) is 0 Å². The van der Waals surface area contributed by atoms with Gasteiger partial charge in [-0.1, -0.05) is 0 Å². The van der Waals surface area contributed by atoms with Gasteiger partial charge in [0.1, 0.15) is 6.10 Å². The number of carbonyl (C=O) groups is 1. The normalized spacial score (nSPS) is 20.8. The van der Waals surface area contributed by atoms with Gasteiger partial charge >= 0.3 is 5.97 Å². The van der Waals surface area contributed by atoms with E-state index in [0.29, 0.717) is 0 Å². The molecule has 1 atom stereocenters. The lowest BCUT2D eigenvalue weighted by Gasteiger charge is -2.11. The third-order valence-corrected chi connectivity index (χ3v) is 2.06. The Hall–Kier alpha value is -0.570. The van der Waals surface area contributed by atoms with Crippen molar-refractivity contribution in [3.05, 3.63) is 0 Å². The molecule has 0 aromatic rings. The van der Waals surface area contributed by atoms with E-state index in [1.807, 2.05) is 0 Å². The van der Waals surface area contributed by atoms with Gasteiger partial charge in [0.05, 0.1) is 12.5 Å². The van der Waals surface area contributed by atoms with Gasteiger partial charge in [0.15, 0.2) is 0 Å². The Morgan fingerprint density at radius 3 is 2.67 bits per heavy atom. The molecule has 3 nitrogen and oxygen atoms in total. The lowest BCUT2D eigenvalue weighted by molar-refractivity contribution is -0.150. The molecule has 1 fully saturated rings. The van der Waals surface area contributed by atoms with Crippen LogP contribution in [0, 0.1) is 0 Å². The fourth-order valence-electron chi connectivity index (χ4n) is 1.48. The SMILES string of the molecule is C[C@@H](O)CC(=O)OC1CCCC1. The first-order valence-electron chi connectivity index (χ1n) is 4.56. The highest BCUT2D eigenvalue weighted by Gasteiger charge is 2.19. The summed E-state index contributed by atoms with van der Waals surface area (Å²) in [5, 5.41) is 8.90. The van der Waals surface area contributed by atoms with Gasteiger partial charge < -0.3 is 9.84 Å². The Morgan fingerprint density at radius 1 is 1.58 bits per heavy atom. The molecule has 3 heteroatoms. The molecular formula is C9H16O3. The maximum absolute atomic E-state index is 11.0. The van der Waals surface area contributed by atoms with E-state index in [-0.39, 0.29) is 18.5 Å². The van der Waals surface area contributed by atoms with Crippen molar-refractivity contribution in [1.29, 1.82) is 0 Å². The van der Waals surface area contributed by atoms with Crippen LogP contribution in [0.4, 0.5) is 0 Å². The molecule has 0 aliphatic heterocycles. The van der Waals surface area contributed by atoms with Gasteiger partial charge in [-0.2, -0.15) is 0 Å². The molecule has 70 valence electrons. The van der Waals surface area contributed by atoms with Gasteiger partial charge in [0.2, 0.25) is 0 Å². The quantitative estimate of drug-likeness (QED) is 0.651. The van der Waals surface area contributed by atoms with Crippen molar-refractivity contribution in [2.45, 2.75) is 51.2 Å². The first-order chi connectivity index (χ1) is 5.68. The highest BCUT2D eigenvalue weighted by molar-refractivity contribution is 5.70. The number of aliphatic hydroxyl groups is 1. The van der Waals surface area contributed by atoms with E-state index in [1.54, 1.807) is 6.92 Å². The molecule has 0 aromatic heterocycles. The Bertz CT molecular complexity index is 148. The van der Waals surface area contributed by atoms with Gasteiger partial charge in [0.25, 0.3) is 0 Å². The highest BCUT2D eigenvalue weighted by Crippen LogP contribution is 2.21. The van der Waals surface area contributed by atoms with E-state index in [9.17, 15) is 4.79 Å². The fraction of sp³-hybridized carbons (Fsp3) is 0.889. The summed E-state index contributed by atoms with van der Waals surface area (Å²) in [7, 11) is 0. The second kappa shape index (κ2) is 4.45. The smallest absolute Gasteiger partial charge is 0.308 e. The van der Waals surface area contributed by atoms with Crippen molar-refractivity contribution in [3.63, 3.8) is 0 Å². The first-order valence-corrected chi connectivity index (χ1v) is 4.56. The number of rotatable bonds is 3.